The minimum atomic E-state index is -0.982. The van der Waals surface area contributed by atoms with Crippen LogP contribution >= 0.6 is 0 Å². The molecule has 14 N–H and O–H groups in total. The van der Waals surface area contributed by atoms with Gasteiger partial charge in [0.25, 0.3) is 0 Å². The highest BCUT2D eigenvalue weighted by Gasteiger charge is 2.29. The number of hydrogen-bond donors (Lipinski definition) is 8. The highest BCUT2D eigenvalue weighted by atomic mass is 16.2. The topological polar surface area (TPSA) is 265 Å². The zero-order valence-corrected chi connectivity index (χ0v) is 30.8. The summed E-state index contributed by atoms with van der Waals surface area (Å²) in [5, 5.41) is 5.59. The van der Waals surface area contributed by atoms with Gasteiger partial charge in [-0.2, -0.15) is 0 Å². The van der Waals surface area contributed by atoms with Crippen molar-refractivity contribution < 1.29 is 19.0 Å². The summed E-state index contributed by atoms with van der Waals surface area (Å²) in [4.78, 5) is 47.4. The number of primary amides is 1. The van der Waals surface area contributed by atoms with Crippen LogP contribution in [0.5, 0.6) is 0 Å². The zero-order valence-electron chi connectivity index (χ0n) is 30.8. The maximum atomic E-state index is 13.7. The first-order chi connectivity index (χ1) is 24.5. The van der Waals surface area contributed by atoms with E-state index in [2.05, 4.69) is 42.3 Å². The molecule has 2 aliphatic carbocycles. The summed E-state index contributed by atoms with van der Waals surface area (Å²) >= 11 is 0. The molecule has 0 radical (unpaired) electrons. The average Bonchev–Trinajstić information content (AvgIpc) is 3.48. The van der Waals surface area contributed by atoms with Crippen molar-refractivity contribution in [2.45, 2.75) is 153 Å². The number of carbonyl (C=O) groups is 3. The second kappa shape index (κ2) is 22.8. The van der Waals surface area contributed by atoms with Gasteiger partial charge in [-0.25, -0.2) is 9.13 Å². The number of carbonyl (C=O) groups excluding carboxylic acids is 3. The molecule has 1 heterocycles. The molecule has 0 spiro atoms. The highest BCUT2D eigenvalue weighted by molar-refractivity contribution is 5.92. The molecule has 1 aromatic heterocycles. The number of aromatic nitrogens is 2. The van der Waals surface area contributed by atoms with Crippen molar-refractivity contribution >= 4 is 29.6 Å². The van der Waals surface area contributed by atoms with Crippen molar-refractivity contribution in [1.82, 2.24) is 15.2 Å². The fourth-order valence-electron chi connectivity index (χ4n) is 7.52. The summed E-state index contributed by atoms with van der Waals surface area (Å²) < 4.78 is 4.45. The van der Waals surface area contributed by atoms with Gasteiger partial charge in [-0.3, -0.25) is 24.4 Å². The van der Waals surface area contributed by atoms with E-state index in [4.69, 9.17) is 34.4 Å². The maximum absolute atomic E-state index is 13.7. The lowest BCUT2D eigenvalue weighted by Crippen LogP contribution is -2.55. The van der Waals surface area contributed by atoms with Gasteiger partial charge in [-0.1, -0.05) is 64.2 Å². The van der Waals surface area contributed by atoms with Gasteiger partial charge in [0, 0.05) is 19.5 Å². The third-order valence-corrected chi connectivity index (χ3v) is 10.4. The molecule has 288 valence electrons. The van der Waals surface area contributed by atoms with Gasteiger partial charge in [0.15, 0.2) is 11.9 Å². The minimum absolute atomic E-state index is 0.0364. The van der Waals surface area contributed by atoms with Crippen molar-refractivity contribution in [3.8, 4) is 0 Å². The monoisotopic (exact) mass is 716 g/mol. The number of nitrogens with one attached hydrogen (secondary N) is 2. The van der Waals surface area contributed by atoms with E-state index in [-0.39, 0.29) is 31.3 Å². The summed E-state index contributed by atoms with van der Waals surface area (Å²) in [6.45, 7) is 2.34. The van der Waals surface area contributed by atoms with Crippen LogP contribution in [0.3, 0.4) is 0 Å². The molecule has 0 unspecified atom stereocenters. The summed E-state index contributed by atoms with van der Waals surface area (Å²) in [6, 6.07) is -2.85. The third kappa shape index (κ3) is 16.3. The Morgan fingerprint density at radius 3 is 1.86 bits per heavy atom. The van der Waals surface area contributed by atoms with Crippen molar-refractivity contribution in [2.75, 3.05) is 13.1 Å². The van der Waals surface area contributed by atoms with E-state index in [1.807, 2.05) is 0 Å². The molecule has 2 aliphatic rings. The van der Waals surface area contributed by atoms with E-state index in [0.717, 1.165) is 43.5 Å². The van der Waals surface area contributed by atoms with Crippen LogP contribution in [0.25, 0.3) is 0 Å². The predicted molar refractivity (Wildman–Crippen MR) is 201 cm³/mol. The second-order valence-electron chi connectivity index (χ2n) is 14.7. The predicted octanol–water partition coefficient (Wildman–Crippen LogP) is 0.929. The zero-order chi connectivity index (χ0) is 37.0. The van der Waals surface area contributed by atoms with Crippen LogP contribution in [0.15, 0.2) is 22.5 Å². The van der Waals surface area contributed by atoms with E-state index in [1.54, 1.807) is 0 Å². The van der Waals surface area contributed by atoms with E-state index in [1.165, 1.54) is 77.0 Å². The largest absolute Gasteiger partial charge is 0.370 e. The quantitative estimate of drug-likeness (QED) is 0.0349. The SMILES string of the molecule is NC(=O)[C@H](Cc1c[n+](CCCC2CCCCC2)cn1CCCC1CCCCC1)NC(=O)[C@H](CCCN=C(N)N)NC(=O)[C@@H](N)CCCN=C(N)N. The van der Waals surface area contributed by atoms with Crippen molar-refractivity contribution in [2.24, 2.45) is 56.2 Å². The number of nitrogens with two attached hydrogens (primary N) is 6. The number of nitrogens with zero attached hydrogens (tertiary/aromatic N) is 4. The summed E-state index contributed by atoms with van der Waals surface area (Å²) in [5.74, 6) is -0.181. The van der Waals surface area contributed by atoms with Crippen molar-refractivity contribution in [3.05, 3.63) is 18.2 Å². The Bertz CT molecular complexity index is 1260. The molecule has 3 amide bonds. The lowest BCUT2D eigenvalue weighted by atomic mass is 9.86. The first-order valence-corrected chi connectivity index (χ1v) is 19.4. The molecule has 3 rings (SSSR count). The summed E-state index contributed by atoms with van der Waals surface area (Å²) in [6.07, 6.45) is 23.8. The molecule has 2 saturated carbocycles. The first-order valence-electron chi connectivity index (χ1n) is 19.4. The molecule has 1 aromatic rings. The Morgan fingerprint density at radius 1 is 0.745 bits per heavy atom. The molecule has 0 aliphatic heterocycles. The maximum Gasteiger partial charge on any atom is 0.243 e. The number of amides is 3. The van der Waals surface area contributed by atoms with Crippen LogP contribution in [0.4, 0.5) is 0 Å². The van der Waals surface area contributed by atoms with Crippen LogP contribution in [0.1, 0.15) is 121 Å². The van der Waals surface area contributed by atoms with Crippen LogP contribution < -0.4 is 49.6 Å². The number of imidazole rings is 1. The molecular formula is C36H67N12O3+. The molecule has 0 saturated heterocycles. The molecule has 2 fully saturated rings. The number of guanidine groups is 2. The van der Waals surface area contributed by atoms with Gasteiger partial charge in [-0.15, -0.1) is 0 Å². The molecule has 15 heteroatoms. The van der Waals surface area contributed by atoms with E-state index >= 15 is 0 Å². The number of hydrogen-bond acceptors (Lipinski definition) is 6. The molecule has 0 bridgehead atoms. The average molecular weight is 716 g/mol. The fourth-order valence-corrected chi connectivity index (χ4v) is 7.52. The first kappa shape index (κ1) is 41.5. The molecule has 15 nitrogen and oxygen atoms in total. The lowest BCUT2D eigenvalue weighted by molar-refractivity contribution is -0.697. The fraction of sp³-hybridized carbons (Fsp3) is 0.778. The summed E-state index contributed by atoms with van der Waals surface area (Å²) in [5.41, 5.74) is 34.6. The number of rotatable bonds is 23. The standard InChI is InChI=1S/C36H66N12O3/c37-29(17-7-19-43-35(39)40)33(50)45-30(18-8-20-44-36(41)42)34(51)46-31(32(38)49)23-28-24-47(21-9-15-26-11-3-1-4-12-26)25-48(28)22-10-16-27-13-5-2-6-14-27/h24-27,29-31H,1-23,37H2,(H11-,38,39,40,41,42,43,44,45,46,49,50,51)/p+1/t29-,30-,31-/m0/s1. The highest BCUT2D eigenvalue weighted by Crippen LogP contribution is 2.28. The number of aryl methyl sites for hydroxylation is 2. The van der Waals surface area contributed by atoms with Crippen molar-refractivity contribution in [1.29, 1.82) is 0 Å². The number of aliphatic imine (C=N–C) groups is 2. The smallest absolute Gasteiger partial charge is 0.243 e. The third-order valence-electron chi connectivity index (χ3n) is 10.4. The molecule has 51 heavy (non-hydrogen) atoms. The summed E-state index contributed by atoms with van der Waals surface area (Å²) in [7, 11) is 0. The second-order valence-corrected chi connectivity index (χ2v) is 14.7. The van der Waals surface area contributed by atoms with E-state index in [9.17, 15) is 14.4 Å². The Labute approximate surface area is 304 Å². The van der Waals surface area contributed by atoms with Crippen LogP contribution in [-0.4, -0.2) is 65.4 Å². The van der Waals surface area contributed by atoms with E-state index < -0.39 is 35.8 Å². The molecule has 0 aromatic carbocycles. The lowest BCUT2D eigenvalue weighted by Gasteiger charge is -2.23. The normalized spacial score (nSPS) is 17.2. The van der Waals surface area contributed by atoms with E-state index in [0.29, 0.717) is 25.8 Å². The Balaban J connectivity index is 1.69. The van der Waals surface area contributed by atoms with Gasteiger partial charge in [0.1, 0.15) is 24.0 Å². The van der Waals surface area contributed by atoms with Crippen LogP contribution in [0, 0.1) is 11.8 Å². The Morgan fingerprint density at radius 2 is 1.29 bits per heavy atom. The van der Waals surface area contributed by atoms with Crippen LogP contribution in [0.2, 0.25) is 0 Å². The van der Waals surface area contributed by atoms with Gasteiger partial charge in [-0.05, 0) is 63.2 Å². The van der Waals surface area contributed by atoms with Gasteiger partial charge < -0.3 is 45.0 Å². The van der Waals surface area contributed by atoms with Crippen molar-refractivity contribution in [3.63, 3.8) is 0 Å². The van der Waals surface area contributed by atoms with Gasteiger partial charge in [0.2, 0.25) is 24.0 Å². The van der Waals surface area contributed by atoms with Crippen LogP contribution in [-0.2, 0) is 33.9 Å². The minimum Gasteiger partial charge on any atom is -0.370 e. The Kier molecular flexibility index (Phi) is 18.6. The Hall–Kier alpha value is -3.88. The van der Waals surface area contributed by atoms with Gasteiger partial charge >= 0.3 is 0 Å². The molecular weight excluding hydrogens is 648 g/mol. The molecule has 3 atom stereocenters. The van der Waals surface area contributed by atoms with Gasteiger partial charge in [0.05, 0.1) is 19.1 Å².